The Balaban J connectivity index is 2.38. The van der Waals surface area contributed by atoms with E-state index in [9.17, 15) is 14.4 Å². The fraction of sp³-hybridized carbons (Fsp3) is 0.786. The number of amides is 3. The zero-order valence-corrected chi connectivity index (χ0v) is 12.5. The average molecular weight is 283 g/mol. The van der Waals surface area contributed by atoms with Crippen molar-refractivity contribution in [1.82, 2.24) is 15.1 Å². The molecule has 1 fully saturated rings. The molecule has 0 saturated carbocycles. The molecule has 1 rings (SSSR count). The second-order valence-corrected chi connectivity index (χ2v) is 5.14. The summed E-state index contributed by atoms with van der Waals surface area (Å²) in [6.45, 7) is 5.62. The lowest BCUT2D eigenvalue weighted by Gasteiger charge is -2.32. The van der Waals surface area contributed by atoms with Crippen molar-refractivity contribution in [1.29, 1.82) is 0 Å². The average Bonchev–Trinajstić information content (AvgIpc) is 2.38. The van der Waals surface area contributed by atoms with Gasteiger partial charge >= 0.3 is 0 Å². The van der Waals surface area contributed by atoms with Gasteiger partial charge in [0, 0.05) is 13.1 Å². The van der Waals surface area contributed by atoms with Crippen molar-refractivity contribution < 1.29 is 14.4 Å². The van der Waals surface area contributed by atoms with Crippen LogP contribution in [-0.4, -0.2) is 60.2 Å². The quantitative estimate of drug-likeness (QED) is 0.516. The summed E-state index contributed by atoms with van der Waals surface area (Å²) in [6, 6.07) is 0. The number of hydrogen-bond acceptors (Lipinski definition) is 4. The summed E-state index contributed by atoms with van der Waals surface area (Å²) in [7, 11) is 0. The van der Waals surface area contributed by atoms with Gasteiger partial charge in [-0.2, -0.15) is 0 Å². The number of unbranched alkanes of at least 4 members (excludes halogenated alkanes) is 2. The van der Waals surface area contributed by atoms with E-state index in [-0.39, 0.29) is 37.4 Å². The van der Waals surface area contributed by atoms with Gasteiger partial charge in [0.05, 0.1) is 19.6 Å². The maximum absolute atomic E-state index is 11.9. The normalized spacial score (nSPS) is 16.6. The molecule has 0 aromatic rings. The Kier molecular flexibility index (Phi) is 7.22. The van der Waals surface area contributed by atoms with Crippen molar-refractivity contribution in [3.63, 3.8) is 0 Å². The van der Waals surface area contributed by atoms with Gasteiger partial charge in [0.1, 0.15) is 0 Å². The zero-order chi connectivity index (χ0) is 15.0. The molecule has 0 radical (unpaired) electrons. The number of piperazine rings is 1. The number of carbonyl (C=O) groups excluding carboxylic acids is 3. The van der Waals surface area contributed by atoms with Crippen LogP contribution in [0.25, 0.3) is 0 Å². The first-order chi connectivity index (χ1) is 9.58. The standard InChI is InChI=1S/C14H25N3O3/c1-3-5-7-15-12(18)9-16-10-13(19)17(8-6-4-2)14(20)11-16/h3-11H2,1-2H3,(H,15,18). The van der Waals surface area contributed by atoms with Crippen molar-refractivity contribution in [3.05, 3.63) is 0 Å². The number of nitrogens with one attached hydrogen (secondary N) is 1. The van der Waals surface area contributed by atoms with Gasteiger partial charge in [0.25, 0.3) is 0 Å². The summed E-state index contributed by atoms with van der Waals surface area (Å²) in [6.07, 6.45) is 3.73. The molecule has 114 valence electrons. The summed E-state index contributed by atoms with van der Waals surface area (Å²) in [5, 5.41) is 2.79. The molecule has 1 aliphatic rings. The smallest absolute Gasteiger partial charge is 0.243 e. The van der Waals surface area contributed by atoms with Crippen LogP contribution < -0.4 is 5.32 Å². The second-order valence-electron chi connectivity index (χ2n) is 5.14. The molecule has 20 heavy (non-hydrogen) atoms. The van der Waals surface area contributed by atoms with Crippen LogP contribution in [0.4, 0.5) is 0 Å². The predicted octanol–water partition coefficient (Wildman–Crippen LogP) is 0.374. The van der Waals surface area contributed by atoms with Crippen LogP contribution in [0.5, 0.6) is 0 Å². The fourth-order valence-corrected chi connectivity index (χ4v) is 2.09. The molecule has 1 N–H and O–H groups in total. The number of imide groups is 1. The van der Waals surface area contributed by atoms with Crippen LogP contribution in [0.15, 0.2) is 0 Å². The maximum Gasteiger partial charge on any atom is 0.243 e. The van der Waals surface area contributed by atoms with Gasteiger partial charge in [0.15, 0.2) is 0 Å². The Hall–Kier alpha value is -1.43. The first-order valence-corrected chi connectivity index (χ1v) is 7.40. The van der Waals surface area contributed by atoms with E-state index < -0.39 is 0 Å². The molecule has 1 saturated heterocycles. The van der Waals surface area contributed by atoms with Crippen LogP contribution in [0.3, 0.4) is 0 Å². The molecule has 6 heteroatoms. The number of rotatable bonds is 8. The van der Waals surface area contributed by atoms with E-state index in [1.165, 1.54) is 4.90 Å². The molecule has 1 aliphatic heterocycles. The molecule has 0 unspecified atom stereocenters. The Morgan fingerprint density at radius 3 is 2.25 bits per heavy atom. The molecule has 3 amide bonds. The Morgan fingerprint density at radius 2 is 1.70 bits per heavy atom. The summed E-state index contributed by atoms with van der Waals surface area (Å²) in [5.41, 5.74) is 0. The van der Waals surface area contributed by atoms with Crippen LogP contribution in [0.1, 0.15) is 39.5 Å². The maximum atomic E-state index is 11.9. The molecular formula is C14H25N3O3. The predicted molar refractivity (Wildman–Crippen MR) is 76.0 cm³/mol. The summed E-state index contributed by atoms with van der Waals surface area (Å²) in [4.78, 5) is 38.4. The van der Waals surface area contributed by atoms with Crippen molar-refractivity contribution in [2.45, 2.75) is 39.5 Å². The highest BCUT2D eigenvalue weighted by Crippen LogP contribution is 2.06. The minimum Gasteiger partial charge on any atom is -0.355 e. The lowest BCUT2D eigenvalue weighted by Crippen LogP contribution is -2.55. The summed E-state index contributed by atoms with van der Waals surface area (Å²) in [5.74, 6) is -0.520. The van der Waals surface area contributed by atoms with Crippen LogP contribution >= 0.6 is 0 Å². The molecule has 0 atom stereocenters. The van der Waals surface area contributed by atoms with Crippen LogP contribution in [0.2, 0.25) is 0 Å². The first kappa shape index (κ1) is 16.6. The fourth-order valence-electron chi connectivity index (χ4n) is 2.09. The SMILES string of the molecule is CCCCNC(=O)CN1CC(=O)N(CCCC)C(=O)C1. The monoisotopic (exact) mass is 283 g/mol. The van der Waals surface area contributed by atoms with Crippen molar-refractivity contribution in [2.75, 3.05) is 32.7 Å². The van der Waals surface area contributed by atoms with E-state index in [4.69, 9.17) is 0 Å². The molecule has 0 aromatic heterocycles. The van der Waals surface area contributed by atoms with E-state index in [2.05, 4.69) is 12.2 Å². The van der Waals surface area contributed by atoms with Crippen molar-refractivity contribution in [2.24, 2.45) is 0 Å². The minimum atomic E-state index is -0.198. The third kappa shape index (κ3) is 5.28. The van der Waals surface area contributed by atoms with Gasteiger partial charge in [-0.05, 0) is 12.8 Å². The van der Waals surface area contributed by atoms with Gasteiger partial charge in [-0.1, -0.05) is 26.7 Å². The third-order valence-electron chi connectivity index (χ3n) is 3.27. The number of carbonyl (C=O) groups is 3. The van der Waals surface area contributed by atoms with E-state index >= 15 is 0 Å². The highest BCUT2D eigenvalue weighted by Gasteiger charge is 2.31. The zero-order valence-electron chi connectivity index (χ0n) is 12.5. The minimum absolute atomic E-state index is 0.114. The summed E-state index contributed by atoms with van der Waals surface area (Å²) >= 11 is 0. The molecule has 0 spiro atoms. The largest absolute Gasteiger partial charge is 0.355 e. The lowest BCUT2D eigenvalue weighted by atomic mass is 10.2. The highest BCUT2D eigenvalue weighted by molar-refractivity contribution is 5.99. The first-order valence-electron chi connectivity index (χ1n) is 7.40. The van der Waals surface area contributed by atoms with Gasteiger partial charge in [-0.15, -0.1) is 0 Å². The Morgan fingerprint density at radius 1 is 1.10 bits per heavy atom. The lowest BCUT2D eigenvalue weighted by molar-refractivity contribution is -0.151. The van der Waals surface area contributed by atoms with E-state index in [1.807, 2.05) is 6.92 Å². The third-order valence-corrected chi connectivity index (χ3v) is 3.27. The molecule has 0 aliphatic carbocycles. The molecule has 6 nitrogen and oxygen atoms in total. The van der Waals surface area contributed by atoms with Gasteiger partial charge in [-0.25, -0.2) is 0 Å². The number of hydrogen-bond donors (Lipinski definition) is 1. The topological polar surface area (TPSA) is 69.7 Å². The van der Waals surface area contributed by atoms with Gasteiger partial charge in [-0.3, -0.25) is 24.2 Å². The molecular weight excluding hydrogens is 258 g/mol. The van der Waals surface area contributed by atoms with Gasteiger partial charge in [0.2, 0.25) is 17.7 Å². The molecule has 0 bridgehead atoms. The molecule has 1 heterocycles. The Bertz CT molecular complexity index is 337. The molecule has 0 aromatic carbocycles. The highest BCUT2D eigenvalue weighted by atomic mass is 16.2. The van der Waals surface area contributed by atoms with Crippen LogP contribution in [-0.2, 0) is 14.4 Å². The van der Waals surface area contributed by atoms with E-state index in [1.54, 1.807) is 4.90 Å². The second kappa shape index (κ2) is 8.68. The van der Waals surface area contributed by atoms with Crippen molar-refractivity contribution >= 4 is 17.7 Å². The van der Waals surface area contributed by atoms with E-state index in [0.29, 0.717) is 13.1 Å². The van der Waals surface area contributed by atoms with Crippen LogP contribution in [0, 0.1) is 0 Å². The summed E-state index contributed by atoms with van der Waals surface area (Å²) < 4.78 is 0. The number of nitrogens with zero attached hydrogens (tertiary/aromatic N) is 2. The van der Waals surface area contributed by atoms with Gasteiger partial charge < -0.3 is 5.32 Å². The van der Waals surface area contributed by atoms with E-state index in [0.717, 1.165) is 25.7 Å². The Labute approximate surface area is 120 Å². The van der Waals surface area contributed by atoms with Crippen molar-refractivity contribution in [3.8, 4) is 0 Å².